The van der Waals surface area contributed by atoms with E-state index in [1.165, 1.54) is 37.5 Å². The van der Waals surface area contributed by atoms with Crippen LogP contribution in [-0.4, -0.2) is 26.7 Å². The second-order valence-electron chi connectivity index (χ2n) is 5.98. The maximum atomic E-state index is 12.6. The number of rotatable bonds is 7. The van der Waals surface area contributed by atoms with Crippen molar-refractivity contribution in [2.24, 2.45) is 0 Å². The van der Waals surface area contributed by atoms with E-state index in [0.29, 0.717) is 6.54 Å². The molecule has 0 fully saturated rings. The van der Waals surface area contributed by atoms with Crippen LogP contribution in [0.15, 0.2) is 30.3 Å². The van der Waals surface area contributed by atoms with Gasteiger partial charge in [-0.25, -0.2) is 0 Å². The number of carbonyl (C=O) groups excluding carboxylic acids is 1. The third-order valence-corrected chi connectivity index (χ3v) is 4.28. The molecule has 8 heteroatoms. The van der Waals surface area contributed by atoms with Gasteiger partial charge in [0.1, 0.15) is 0 Å². The number of amides is 1. The maximum Gasteiger partial charge on any atom is 0.387 e. The molecule has 144 valence electrons. The number of fused-ring (bicyclic) bond motifs is 1. The first kappa shape index (κ1) is 18.9. The summed E-state index contributed by atoms with van der Waals surface area (Å²) in [5.41, 5.74) is 3.67. The number of benzene rings is 2. The van der Waals surface area contributed by atoms with Crippen molar-refractivity contribution >= 4 is 5.91 Å². The van der Waals surface area contributed by atoms with Gasteiger partial charge in [0, 0.05) is 25.2 Å². The van der Waals surface area contributed by atoms with Crippen LogP contribution in [0.1, 0.15) is 27.0 Å². The Hall–Kier alpha value is -2.87. The number of hydrogen-bond acceptors (Lipinski definition) is 5. The van der Waals surface area contributed by atoms with Gasteiger partial charge < -0.3 is 24.8 Å². The fraction of sp³-hybridized carbons (Fsp3) is 0.316. The fourth-order valence-electron chi connectivity index (χ4n) is 2.96. The molecule has 3 rings (SSSR count). The second kappa shape index (κ2) is 8.22. The van der Waals surface area contributed by atoms with Crippen LogP contribution in [0.4, 0.5) is 8.78 Å². The largest absolute Gasteiger partial charge is 0.493 e. The molecule has 0 saturated carbocycles. The molecule has 1 amide bonds. The number of hydrogen-bond donors (Lipinski definition) is 2. The quantitative estimate of drug-likeness (QED) is 0.776. The molecule has 2 N–H and O–H groups in total. The molecule has 0 spiro atoms. The molecule has 0 atom stereocenters. The first-order valence-electron chi connectivity index (χ1n) is 8.32. The van der Waals surface area contributed by atoms with Crippen molar-refractivity contribution in [2.45, 2.75) is 26.2 Å². The summed E-state index contributed by atoms with van der Waals surface area (Å²) < 4.78 is 39.8. The zero-order valence-electron chi connectivity index (χ0n) is 15.0. The van der Waals surface area contributed by atoms with Gasteiger partial charge in [-0.3, -0.25) is 4.79 Å². The van der Waals surface area contributed by atoms with E-state index in [0.717, 1.165) is 18.7 Å². The van der Waals surface area contributed by atoms with Crippen molar-refractivity contribution in [1.82, 2.24) is 10.6 Å². The summed E-state index contributed by atoms with van der Waals surface area (Å²) in [5, 5.41) is 6.08. The summed E-state index contributed by atoms with van der Waals surface area (Å²) in [7, 11) is 2.60. The predicted molar refractivity (Wildman–Crippen MR) is 94.3 cm³/mol. The van der Waals surface area contributed by atoms with Crippen LogP contribution >= 0.6 is 0 Å². The molecule has 0 aliphatic carbocycles. The van der Waals surface area contributed by atoms with Gasteiger partial charge in [-0.2, -0.15) is 8.78 Å². The normalized spacial score (nSPS) is 12.6. The average molecular weight is 378 g/mol. The van der Waals surface area contributed by atoms with Crippen molar-refractivity contribution in [2.75, 3.05) is 14.2 Å². The number of alkyl halides is 2. The molecule has 1 aliphatic rings. The van der Waals surface area contributed by atoms with E-state index >= 15 is 0 Å². The standard InChI is InChI=1S/C19H20F2N2O4/c1-25-15-6-13(7-16(26-2)17(15)27-19(20)21)18(24)23-8-11-3-4-12-9-22-10-14(12)5-11/h3-7,19,22H,8-10H2,1-2H3,(H,23,24). The van der Waals surface area contributed by atoms with Gasteiger partial charge in [0.05, 0.1) is 14.2 Å². The van der Waals surface area contributed by atoms with Crippen LogP contribution in [0.5, 0.6) is 17.2 Å². The molecule has 0 aromatic heterocycles. The Balaban J connectivity index is 1.76. The molecule has 0 unspecified atom stereocenters. The van der Waals surface area contributed by atoms with Gasteiger partial charge in [0.15, 0.2) is 11.5 Å². The Bertz CT molecular complexity index is 817. The van der Waals surface area contributed by atoms with Gasteiger partial charge in [0.25, 0.3) is 5.91 Å². The highest BCUT2D eigenvalue weighted by atomic mass is 19.3. The summed E-state index contributed by atoms with van der Waals surface area (Å²) >= 11 is 0. The summed E-state index contributed by atoms with van der Waals surface area (Å²) in [5.74, 6) is -0.654. The molecular formula is C19H20F2N2O4. The molecule has 0 saturated heterocycles. The zero-order chi connectivity index (χ0) is 19.4. The van der Waals surface area contributed by atoms with Crippen LogP contribution < -0.4 is 24.8 Å². The Kier molecular flexibility index (Phi) is 5.75. The number of ether oxygens (including phenoxy) is 3. The number of carbonyl (C=O) groups is 1. The van der Waals surface area contributed by atoms with Crippen LogP contribution in [0, 0.1) is 0 Å². The lowest BCUT2D eigenvalue weighted by Gasteiger charge is -2.15. The lowest BCUT2D eigenvalue weighted by atomic mass is 10.1. The Morgan fingerprint density at radius 2 is 1.78 bits per heavy atom. The van der Waals surface area contributed by atoms with Gasteiger partial charge in [-0.05, 0) is 28.8 Å². The first-order chi connectivity index (χ1) is 13.0. The van der Waals surface area contributed by atoms with Crippen molar-refractivity contribution < 1.29 is 27.8 Å². The minimum absolute atomic E-state index is 0.0107. The van der Waals surface area contributed by atoms with Crippen molar-refractivity contribution in [1.29, 1.82) is 0 Å². The van der Waals surface area contributed by atoms with Crippen molar-refractivity contribution in [3.05, 3.63) is 52.6 Å². The van der Waals surface area contributed by atoms with Crippen LogP contribution in [-0.2, 0) is 19.6 Å². The molecular weight excluding hydrogens is 358 g/mol. The van der Waals surface area contributed by atoms with Crippen LogP contribution in [0.2, 0.25) is 0 Å². The highest BCUT2D eigenvalue weighted by Crippen LogP contribution is 2.39. The number of methoxy groups -OCH3 is 2. The molecule has 2 aromatic rings. The summed E-state index contributed by atoms with van der Waals surface area (Å²) in [6.45, 7) is -1.03. The van der Waals surface area contributed by atoms with Gasteiger partial charge >= 0.3 is 6.61 Å². The van der Waals surface area contributed by atoms with Crippen molar-refractivity contribution in [3.8, 4) is 17.2 Å². The minimum Gasteiger partial charge on any atom is -0.493 e. The first-order valence-corrected chi connectivity index (χ1v) is 8.32. The third kappa shape index (κ3) is 4.28. The van der Waals surface area contributed by atoms with E-state index in [2.05, 4.69) is 21.4 Å². The maximum absolute atomic E-state index is 12.6. The average Bonchev–Trinajstić information content (AvgIpc) is 3.13. The number of halogens is 2. The van der Waals surface area contributed by atoms with Gasteiger partial charge in [-0.1, -0.05) is 18.2 Å². The molecule has 0 radical (unpaired) electrons. The van der Waals surface area contributed by atoms with E-state index in [-0.39, 0.29) is 28.7 Å². The van der Waals surface area contributed by atoms with E-state index in [4.69, 9.17) is 9.47 Å². The molecule has 0 bridgehead atoms. The van der Waals surface area contributed by atoms with Crippen LogP contribution in [0.25, 0.3) is 0 Å². The Morgan fingerprint density at radius 3 is 2.41 bits per heavy atom. The Morgan fingerprint density at radius 1 is 1.11 bits per heavy atom. The third-order valence-electron chi connectivity index (χ3n) is 4.28. The zero-order valence-corrected chi connectivity index (χ0v) is 15.0. The van der Waals surface area contributed by atoms with E-state index in [1.807, 2.05) is 12.1 Å². The van der Waals surface area contributed by atoms with E-state index < -0.39 is 6.61 Å². The molecule has 1 aliphatic heterocycles. The van der Waals surface area contributed by atoms with Crippen molar-refractivity contribution in [3.63, 3.8) is 0 Å². The molecule has 27 heavy (non-hydrogen) atoms. The molecule has 1 heterocycles. The highest BCUT2D eigenvalue weighted by molar-refractivity contribution is 5.95. The summed E-state index contributed by atoms with van der Waals surface area (Å²) in [6.07, 6.45) is 0. The summed E-state index contributed by atoms with van der Waals surface area (Å²) in [4.78, 5) is 12.5. The van der Waals surface area contributed by atoms with E-state index in [9.17, 15) is 13.6 Å². The summed E-state index contributed by atoms with van der Waals surface area (Å²) in [6, 6.07) is 8.73. The van der Waals surface area contributed by atoms with E-state index in [1.54, 1.807) is 0 Å². The highest BCUT2D eigenvalue weighted by Gasteiger charge is 2.20. The minimum atomic E-state index is -3.04. The molecule has 2 aromatic carbocycles. The van der Waals surface area contributed by atoms with Crippen LogP contribution in [0.3, 0.4) is 0 Å². The SMILES string of the molecule is COc1cc(C(=O)NCc2ccc3c(c2)CNC3)cc(OC)c1OC(F)F. The monoisotopic (exact) mass is 378 g/mol. The van der Waals surface area contributed by atoms with Gasteiger partial charge in [0.2, 0.25) is 5.75 Å². The number of nitrogens with one attached hydrogen (secondary N) is 2. The topological polar surface area (TPSA) is 68.8 Å². The Labute approximate surface area is 155 Å². The lowest BCUT2D eigenvalue weighted by Crippen LogP contribution is -2.23. The predicted octanol–water partition coefficient (Wildman–Crippen LogP) is 2.84. The smallest absolute Gasteiger partial charge is 0.387 e. The molecule has 6 nitrogen and oxygen atoms in total. The lowest BCUT2D eigenvalue weighted by molar-refractivity contribution is -0.0526. The fourth-order valence-corrected chi connectivity index (χ4v) is 2.96. The second-order valence-corrected chi connectivity index (χ2v) is 5.98. The van der Waals surface area contributed by atoms with Gasteiger partial charge in [-0.15, -0.1) is 0 Å².